The second-order valence-electron chi connectivity index (χ2n) is 6.37. The van der Waals surface area contributed by atoms with Crippen LogP contribution in [-0.2, 0) is 11.3 Å². The molecule has 0 atom stereocenters. The Kier molecular flexibility index (Phi) is 3.96. The lowest BCUT2D eigenvalue weighted by Crippen LogP contribution is -2.31. The third kappa shape index (κ3) is 3.07. The molecule has 0 unspecified atom stereocenters. The van der Waals surface area contributed by atoms with Gasteiger partial charge in [0.25, 0.3) is 0 Å². The summed E-state index contributed by atoms with van der Waals surface area (Å²) in [4.78, 5) is 41.8. The van der Waals surface area contributed by atoms with Crippen LogP contribution in [0.5, 0.6) is 0 Å². The number of fused-ring (bicyclic) bond motifs is 2. The smallest absolute Gasteiger partial charge is 0.407 e. The van der Waals surface area contributed by atoms with Crippen LogP contribution < -0.4 is 5.32 Å². The summed E-state index contributed by atoms with van der Waals surface area (Å²) in [5.41, 5.74) is 0.285. The molecule has 0 bridgehead atoms. The molecule has 124 valence electrons. The average molecular weight is 344 g/mol. The molecule has 2 aromatic heterocycles. The number of carbonyl (C=O) groups is 3. The minimum Gasteiger partial charge on any atom is -0.444 e. The zero-order chi connectivity index (χ0) is 17.5. The fraction of sp³-hybridized carbons (Fsp3) is 0.294. The average Bonchev–Trinajstić information content (AvgIpc) is 2.94. The molecule has 3 rings (SSSR count). The van der Waals surface area contributed by atoms with E-state index in [4.69, 9.17) is 4.74 Å². The van der Waals surface area contributed by atoms with Crippen molar-refractivity contribution in [2.45, 2.75) is 32.9 Å². The summed E-state index contributed by atoms with van der Waals surface area (Å²) in [5, 5.41) is 2.63. The molecule has 6 nitrogen and oxygen atoms in total. The maximum Gasteiger partial charge on any atom is 0.407 e. The maximum absolute atomic E-state index is 12.5. The molecule has 0 saturated heterocycles. The molecule has 1 amide bonds. The lowest BCUT2D eigenvalue weighted by atomic mass is 9.93. The van der Waals surface area contributed by atoms with E-state index in [2.05, 4.69) is 10.3 Å². The Morgan fingerprint density at radius 3 is 2.71 bits per heavy atom. The number of hydrogen-bond acceptors (Lipinski definition) is 6. The summed E-state index contributed by atoms with van der Waals surface area (Å²) in [7, 11) is 0. The van der Waals surface area contributed by atoms with Crippen LogP contribution in [0, 0.1) is 0 Å². The molecule has 1 N–H and O–H groups in total. The van der Waals surface area contributed by atoms with E-state index in [0.29, 0.717) is 20.9 Å². The lowest BCUT2D eigenvalue weighted by molar-refractivity contribution is 0.0524. The molecule has 0 spiro atoms. The number of alkyl carbamates (subject to hydrolysis) is 1. The first-order chi connectivity index (χ1) is 11.3. The quantitative estimate of drug-likeness (QED) is 0.772. The van der Waals surface area contributed by atoms with Gasteiger partial charge in [-0.25, -0.2) is 4.79 Å². The molecule has 0 aliphatic heterocycles. The maximum atomic E-state index is 12.5. The highest BCUT2D eigenvalue weighted by Gasteiger charge is 2.32. The third-order valence-electron chi connectivity index (χ3n) is 3.31. The number of rotatable bonds is 2. The second-order valence-corrected chi connectivity index (χ2v) is 7.51. The number of amides is 1. The van der Waals surface area contributed by atoms with Crippen LogP contribution in [0.4, 0.5) is 4.79 Å². The highest BCUT2D eigenvalue weighted by Crippen LogP contribution is 2.32. The number of nitrogens with zero attached hydrogens (tertiary/aromatic N) is 1. The van der Waals surface area contributed by atoms with Gasteiger partial charge in [0.2, 0.25) is 5.78 Å². The molecule has 2 heterocycles. The van der Waals surface area contributed by atoms with E-state index in [1.165, 1.54) is 17.5 Å². The summed E-state index contributed by atoms with van der Waals surface area (Å²) in [5.74, 6) is -0.471. The monoisotopic (exact) mass is 344 g/mol. The van der Waals surface area contributed by atoms with Crippen molar-refractivity contribution in [1.82, 2.24) is 10.3 Å². The van der Waals surface area contributed by atoms with Gasteiger partial charge in [0.15, 0.2) is 5.78 Å². The van der Waals surface area contributed by atoms with Crippen molar-refractivity contribution in [2.75, 3.05) is 0 Å². The number of pyridine rings is 1. The number of carbonyl (C=O) groups excluding carboxylic acids is 3. The Balaban J connectivity index is 1.80. The first-order valence-electron chi connectivity index (χ1n) is 7.40. The summed E-state index contributed by atoms with van der Waals surface area (Å²) >= 11 is 1.19. The molecule has 7 heteroatoms. The summed E-state index contributed by atoms with van der Waals surface area (Å²) in [6, 6.07) is 4.88. The zero-order valence-electron chi connectivity index (χ0n) is 13.5. The van der Waals surface area contributed by atoms with E-state index in [1.807, 2.05) is 0 Å². The van der Waals surface area contributed by atoms with Gasteiger partial charge < -0.3 is 10.1 Å². The fourth-order valence-electron chi connectivity index (χ4n) is 2.36. The standard InChI is InChI=1S/C17H16N2O4S/c1-17(2,3)23-16(22)19-8-9-7-11-13(20)10-5-4-6-18-12(10)14(21)15(11)24-9/h4-7H,8H2,1-3H3,(H,19,22). The number of nitrogens with one attached hydrogen (secondary N) is 1. The van der Waals surface area contributed by atoms with Gasteiger partial charge in [-0.3, -0.25) is 14.6 Å². The van der Waals surface area contributed by atoms with Gasteiger partial charge in [-0.1, -0.05) is 0 Å². The van der Waals surface area contributed by atoms with E-state index in [0.717, 1.165) is 0 Å². The normalized spacial score (nSPS) is 13.3. The first kappa shape index (κ1) is 16.3. The van der Waals surface area contributed by atoms with Crippen LogP contribution in [0.15, 0.2) is 24.4 Å². The topological polar surface area (TPSA) is 85.4 Å². The van der Waals surface area contributed by atoms with Crippen molar-refractivity contribution in [3.05, 3.63) is 51.0 Å². The predicted octanol–water partition coefficient (Wildman–Crippen LogP) is 2.94. The molecule has 2 aromatic rings. The zero-order valence-corrected chi connectivity index (χ0v) is 14.3. The van der Waals surface area contributed by atoms with Crippen LogP contribution in [0.3, 0.4) is 0 Å². The summed E-state index contributed by atoms with van der Waals surface area (Å²) in [6.45, 7) is 5.52. The number of ether oxygens (including phenoxy) is 1. The molecule has 0 aromatic carbocycles. The van der Waals surface area contributed by atoms with Gasteiger partial charge in [-0.05, 0) is 39.0 Å². The van der Waals surface area contributed by atoms with Gasteiger partial charge in [0.05, 0.1) is 17.0 Å². The molecular formula is C17H16N2O4S. The van der Waals surface area contributed by atoms with E-state index >= 15 is 0 Å². The van der Waals surface area contributed by atoms with Crippen molar-refractivity contribution in [2.24, 2.45) is 0 Å². The van der Waals surface area contributed by atoms with E-state index in [-0.39, 0.29) is 23.8 Å². The van der Waals surface area contributed by atoms with E-state index < -0.39 is 11.7 Å². The van der Waals surface area contributed by atoms with E-state index in [1.54, 1.807) is 39.0 Å². The van der Waals surface area contributed by atoms with Crippen molar-refractivity contribution in [3.8, 4) is 0 Å². The molecule has 1 aliphatic carbocycles. The predicted molar refractivity (Wildman–Crippen MR) is 88.5 cm³/mol. The third-order valence-corrected chi connectivity index (χ3v) is 4.44. The van der Waals surface area contributed by atoms with Gasteiger partial charge in [-0.15, -0.1) is 11.3 Å². The number of thiophene rings is 1. The number of aromatic nitrogens is 1. The SMILES string of the molecule is CC(C)(C)OC(=O)NCc1cc2c(s1)C(=O)c1ncccc1C2=O. The van der Waals surface area contributed by atoms with Gasteiger partial charge in [0.1, 0.15) is 11.3 Å². The van der Waals surface area contributed by atoms with Crippen LogP contribution in [0.2, 0.25) is 0 Å². The van der Waals surface area contributed by atoms with Gasteiger partial charge in [-0.2, -0.15) is 0 Å². The Morgan fingerprint density at radius 1 is 1.25 bits per heavy atom. The van der Waals surface area contributed by atoms with Crippen LogP contribution in [0.1, 0.15) is 56.9 Å². The molecule has 0 saturated carbocycles. The minimum atomic E-state index is -0.585. The van der Waals surface area contributed by atoms with Crippen LogP contribution in [0.25, 0.3) is 0 Å². The van der Waals surface area contributed by atoms with Crippen molar-refractivity contribution in [1.29, 1.82) is 0 Å². The Hall–Kier alpha value is -2.54. The Morgan fingerprint density at radius 2 is 2.00 bits per heavy atom. The Bertz CT molecular complexity index is 796. The minimum absolute atomic E-state index is 0.184. The fourth-order valence-corrected chi connectivity index (χ4v) is 3.40. The number of ketones is 2. The summed E-state index contributed by atoms with van der Waals surface area (Å²) in [6.07, 6.45) is 0.949. The molecule has 24 heavy (non-hydrogen) atoms. The van der Waals surface area contributed by atoms with Crippen LogP contribution >= 0.6 is 11.3 Å². The number of hydrogen-bond donors (Lipinski definition) is 1. The van der Waals surface area contributed by atoms with Crippen LogP contribution in [-0.4, -0.2) is 28.2 Å². The van der Waals surface area contributed by atoms with E-state index in [9.17, 15) is 14.4 Å². The Labute approximate surface area is 142 Å². The summed E-state index contributed by atoms with van der Waals surface area (Å²) < 4.78 is 5.17. The molecule has 1 aliphatic rings. The molecular weight excluding hydrogens is 328 g/mol. The highest BCUT2D eigenvalue weighted by molar-refractivity contribution is 7.14. The second kappa shape index (κ2) is 5.83. The molecule has 0 radical (unpaired) electrons. The first-order valence-corrected chi connectivity index (χ1v) is 8.22. The van der Waals surface area contributed by atoms with Crippen molar-refractivity contribution in [3.63, 3.8) is 0 Å². The highest BCUT2D eigenvalue weighted by atomic mass is 32.1. The largest absolute Gasteiger partial charge is 0.444 e. The lowest BCUT2D eigenvalue weighted by Gasteiger charge is -2.19. The molecule has 0 fully saturated rings. The van der Waals surface area contributed by atoms with Gasteiger partial charge in [0, 0.05) is 16.6 Å². The van der Waals surface area contributed by atoms with Crippen molar-refractivity contribution < 1.29 is 19.1 Å². The van der Waals surface area contributed by atoms with Gasteiger partial charge >= 0.3 is 6.09 Å². The van der Waals surface area contributed by atoms with Crippen molar-refractivity contribution >= 4 is 29.0 Å².